The topological polar surface area (TPSA) is 58.6 Å². The van der Waals surface area contributed by atoms with Gasteiger partial charge in [0.05, 0.1) is 25.8 Å². The number of halogens is 1. The number of carbonyl (C=O) groups is 2. The van der Waals surface area contributed by atoms with Gasteiger partial charge in [0, 0.05) is 11.6 Å². The molecule has 132 valence electrons. The highest BCUT2D eigenvalue weighted by Crippen LogP contribution is 2.23. The van der Waals surface area contributed by atoms with E-state index in [-0.39, 0.29) is 24.8 Å². The minimum Gasteiger partial charge on any atom is -0.495 e. The number of ether oxygens (including phenoxy) is 1. The van der Waals surface area contributed by atoms with E-state index in [0.717, 1.165) is 5.56 Å². The number of benzene rings is 2. The molecule has 5 nitrogen and oxygen atoms in total. The summed E-state index contributed by atoms with van der Waals surface area (Å²) in [6.07, 6.45) is 0.162. The van der Waals surface area contributed by atoms with Crippen LogP contribution in [0.1, 0.15) is 12.5 Å². The van der Waals surface area contributed by atoms with Crippen LogP contribution in [-0.2, 0) is 16.0 Å². The zero-order valence-corrected chi connectivity index (χ0v) is 15.0. The molecule has 0 heterocycles. The second-order valence-corrected chi connectivity index (χ2v) is 5.83. The number of nitrogens with zero attached hydrogens (tertiary/aromatic N) is 1. The summed E-state index contributed by atoms with van der Waals surface area (Å²) in [6.45, 7) is 2.24. The second-order valence-electron chi connectivity index (χ2n) is 5.42. The van der Waals surface area contributed by atoms with Crippen LogP contribution in [0.2, 0.25) is 5.02 Å². The Morgan fingerprint density at radius 3 is 2.48 bits per heavy atom. The number of nitrogens with one attached hydrogen (secondary N) is 1. The Bertz CT molecular complexity index is 749. The molecule has 0 aliphatic carbocycles. The van der Waals surface area contributed by atoms with Crippen molar-refractivity contribution in [2.24, 2.45) is 0 Å². The Morgan fingerprint density at radius 1 is 1.12 bits per heavy atom. The first kappa shape index (κ1) is 18.8. The first-order valence-corrected chi connectivity index (χ1v) is 8.37. The average Bonchev–Trinajstić information content (AvgIpc) is 2.62. The van der Waals surface area contributed by atoms with Gasteiger partial charge in [0.1, 0.15) is 5.75 Å². The van der Waals surface area contributed by atoms with Gasteiger partial charge in [-0.05, 0) is 30.7 Å². The predicted molar refractivity (Wildman–Crippen MR) is 99.0 cm³/mol. The lowest BCUT2D eigenvalue weighted by molar-refractivity contribution is -0.133. The highest BCUT2D eigenvalue weighted by atomic mass is 35.5. The number of anilines is 1. The summed E-state index contributed by atoms with van der Waals surface area (Å²) in [4.78, 5) is 26.3. The lowest BCUT2D eigenvalue weighted by atomic mass is 10.1. The summed E-state index contributed by atoms with van der Waals surface area (Å²) in [6, 6.07) is 14.3. The largest absolute Gasteiger partial charge is 0.495 e. The Hall–Kier alpha value is -2.53. The van der Waals surface area contributed by atoms with Crippen LogP contribution in [0, 0.1) is 0 Å². The van der Waals surface area contributed by atoms with Crippen molar-refractivity contribution in [3.8, 4) is 5.75 Å². The van der Waals surface area contributed by atoms with Gasteiger partial charge in [0.25, 0.3) is 0 Å². The molecule has 0 aliphatic heterocycles. The fourth-order valence-electron chi connectivity index (χ4n) is 2.40. The Labute approximate surface area is 152 Å². The number of methoxy groups -OCH3 is 1. The maximum atomic E-state index is 12.5. The minimum absolute atomic E-state index is 0.0299. The summed E-state index contributed by atoms with van der Waals surface area (Å²) in [5.41, 5.74) is 1.32. The highest BCUT2D eigenvalue weighted by molar-refractivity contribution is 6.31. The predicted octanol–water partition coefficient (Wildman–Crippen LogP) is 3.38. The van der Waals surface area contributed by atoms with Gasteiger partial charge in [-0.15, -0.1) is 0 Å². The molecule has 0 saturated heterocycles. The molecule has 6 heteroatoms. The van der Waals surface area contributed by atoms with Crippen LogP contribution in [-0.4, -0.2) is 36.9 Å². The quantitative estimate of drug-likeness (QED) is 0.823. The van der Waals surface area contributed by atoms with Gasteiger partial charge in [-0.25, -0.2) is 0 Å². The van der Waals surface area contributed by atoms with Crippen molar-refractivity contribution >= 4 is 29.1 Å². The summed E-state index contributed by atoms with van der Waals surface area (Å²) in [5, 5.41) is 3.32. The molecular weight excluding hydrogens is 340 g/mol. The zero-order valence-electron chi connectivity index (χ0n) is 14.3. The normalized spacial score (nSPS) is 10.2. The summed E-state index contributed by atoms with van der Waals surface area (Å²) in [7, 11) is 1.54. The zero-order chi connectivity index (χ0) is 18.2. The average molecular weight is 361 g/mol. The number of hydrogen-bond donors (Lipinski definition) is 1. The van der Waals surface area contributed by atoms with Gasteiger partial charge < -0.3 is 15.0 Å². The molecule has 0 fully saturated rings. The van der Waals surface area contributed by atoms with E-state index in [1.807, 2.05) is 31.2 Å². The van der Waals surface area contributed by atoms with Crippen molar-refractivity contribution in [3.63, 3.8) is 0 Å². The minimum atomic E-state index is -0.279. The van der Waals surface area contributed by atoms with Crippen LogP contribution in [0.25, 0.3) is 0 Å². The van der Waals surface area contributed by atoms with Crippen molar-refractivity contribution in [2.75, 3.05) is 25.5 Å². The van der Waals surface area contributed by atoms with Gasteiger partial charge >= 0.3 is 0 Å². The van der Waals surface area contributed by atoms with E-state index in [0.29, 0.717) is 23.0 Å². The smallest absolute Gasteiger partial charge is 0.244 e. The van der Waals surface area contributed by atoms with Gasteiger partial charge in [-0.2, -0.15) is 0 Å². The molecule has 0 unspecified atom stereocenters. The first-order valence-electron chi connectivity index (χ1n) is 7.99. The van der Waals surface area contributed by atoms with Crippen molar-refractivity contribution < 1.29 is 14.3 Å². The second kappa shape index (κ2) is 9.08. The van der Waals surface area contributed by atoms with Crippen molar-refractivity contribution in [2.45, 2.75) is 13.3 Å². The van der Waals surface area contributed by atoms with E-state index < -0.39 is 0 Å². The van der Waals surface area contributed by atoms with Crippen molar-refractivity contribution in [1.29, 1.82) is 0 Å². The third kappa shape index (κ3) is 5.22. The SMILES string of the molecule is CCN(CC(=O)Nc1ccccc1OC)C(=O)Cc1ccccc1Cl. The molecule has 0 bridgehead atoms. The molecule has 0 atom stereocenters. The number of likely N-dealkylation sites (N-methyl/N-ethyl adjacent to an activating group) is 1. The van der Waals surface area contributed by atoms with Gasteiger partial charge in [0.15, 0.2) is 0 Å². The van der Waals surface area contributed by atoms with Crippen molar-refractivity contribution in [3.05, 3.63) is 59.1 Å². The van der Waals surface area contributed by atoms with E-state index in [2.05, 4.69) is 5.32 Å². The summed E-state index contributed by atoms with van der Waals surface area (Å²) >= 11 is 6.10. The van der Waals surface area contributed by atoms with Gasteiger partial charge in [0.2, 0.25) is 11.8 Å². The number of para-hydroxylation sites is 2. The lowest BCUT2D eigenvalue weighted by Gasteiger charge is -2.21. The van der Waals surface area contributed by atoms with Crippen LogP contribution in [0.3, 0.4) is 0 Å². The molecule has 2 rings (SSSR count). The number of amides is 2. The van der Waals surface area contributed by atoms with Gasteiger partial charge in [-0.3, -0.25) is 9.59 Å². The summed E-state index contributed by atoms with van der Waals surface area (Å²) in [5.74, 6) is 0.144. The Kier molecular flexibility index (Phi) is 6.83. The number of hydrogen-bond acceptors (Lipinski definition) is 3. The number of carbonyl (C=O) groups excluding carboxylic acids is 2. The van der Waals surface area contributed by atoms with Crippen molar-refractivity contribution in [1.82, 2.24) is 4.90 Å². The molecule has 25 heavy (non-hydrogen) atoms. The molecule has 0 saturated carbocycles. The van der Waals surface area contributed by atoms with Crippen LogP contribution in [0.15, 0.2) is 48.5 Å². The fourth-order valence-corrected chi connectivity index (χ4v) is 2.61. The highest BCUT2D eigenvalue weighted by Gasteiger charge is 2.17. The third-order valence-corrected chi connectivity index (χ3v) is 4.12. The summed E-state index contributed by atoms with van der Waals surface area (Å²) < 4.78 is 5.21. The van der Waals surface area contributed by atoms with E-state index in [9.17, 15) is 9.59 Å². The molecule has 0 spiro atoms. The van der Waals surface area contributed by atoms with E-state index in [4.69, 9.17) is 16.3 Å². The standard InChI is InChI=1S/C19H21ClN2O3/c1-3-22(19(24)12-14-8-4-5-9-15(14)20)13-18(23)21-16-10-6-7-11-17(16)25-2/h4-11H,3,12-13H2,1-2H3,(H,21,23). The molecule has 0 aliphatic rings. The molecule has 2 aromatic rings. The van der Waals surface area contributed by atoms with Crippen LogP contribution in [0.4, 0.5) is 5.69 Å². The fraction of sp³-hybridized carbons (Fsp3) is 0.263. The van der Waals surface area contributed by atoms with Crippen LogP contribution >= 0.6 is 11.6 Å². The van der Waals surface area contributed by atoms with E-state index in [1.54, 1.807) is 24.3 Å². The van der Waals surface area contributed by atoms with Crippen LogP contribution < -0.4 is 10.1 Å². The lowest BCUT2D eigenvalue weighted by Crippen LogP contribution is -2.38. The molecular formula is C19H21ClN2O3. The maximum absolute atomic E-state index is 12.5. The molecule has 2 aromatic carbocycles. The van der Waals surface area contributed by atoms with Crippen LogP contribution in [0.5, 0.6) is 5.75 Å². The number of rotatable bonds is 7. The molecule has 0 aromatic heterocycles. The molecule has 2 amide bonds. The first-order chi connectivity index (χ1) is 12.0. The monoisotopic (exact) mass is 360 g/mol. The van der Waals surface area contributed by atoms with E-state index >= 15 is 0 Å². The third-order valence-electron chi connectivity index (χ3n) is 3.75. The van der Waals surface area contributed by atoms with Gasteiger partial charge in [-0.1, -0.05) is 41.9 Å². The maximum Gasteiger partial charge on any atom is 0.244 e. The van der Waals surface area contributed by atoms with E-state index in [1.165, 1.54) is 12.0 Å². The Balaban J connectivity index is 1.99. The Morgan fingerprint density at radius 2 is 1.80 bits per heavy atom. The molecule has 1 N–H and O–H groups in total. The molecule has 0 radical (unpaired) electrons.